The van der Waals surface area contributed by atoms with E-state index in [0.29, 0.717) is 16.9 Å². The number of aldehydes is 1. The fourth-order valence-electron chi connectivity index (χ4n) is 7.47. The molecule has 4 heteroatoms. The lowest BCUT2D eigenvalue weighted by Gasteiger charge is -2.17. The van der Waals surface area contributed by atoms with Crippen LogP contribution in [0.15, 0.2) is 179 Å². The summed E-state index contributed by atoms with van der Waals surface area (Å²) in [5.41, 5.74) is 6.80. The zero-order valence-corrected chi connectivity index (χ0v) is 28.0. The Labute approximate surface area is 299 Å². The van der Waals surface area contributed by atoms with Crippen LogP contribution in [0.5, 0.6) is 0 Å². The Morgan fingerprint density at radius 2 is 1.08 bits per heavy atom. The largest absolute Gasteiger partial charge is 0.456 e. The van der Waals surface area contributed by atoms with Gasteiger partial charge in [0.2, 0.25) is 0 Å². The summed E-state index contributed by atoms with van der Waals surface area (Å²) < 4.78 is 6.69. The second-order valence-electron chi connectivity index (χ2n) is 13.3. The van der Waals surface area contributed by atoms with E-state index in [1.165, 1.54) is 37.7 Å². The van der Waals surface area contributed by atoms with E-state index in [9.17, 15) is 4.79 Å². The SMILES string of the molecule is O=Cc1ccccc1-c1c2cc/c(=N\c3ccc4cc5ccccc5cc4c3)cc-2oc2cc(Nc3ccc4cc5ccccc5cc4c3)ccc12. The normalized spacial score (nSPS) is 12.0. The van der Waals surface area contributed by atoms with Gasteiger partial charge in [0, 0.05) is 45.6 Å². The molecule has 1 heterocycles. The number of carbonyl (C=O) groups excluding carboxylic acids is 1. The van der Waals surface area contributed by atoms with Gasteiger partial charge in [-0.25, -0.2) is 4.99 Å². The van der Waals surface area contributed by atoms with Gasteiger partial charge in [0.15, 0.2) is 6.29 Å². The van der Waals surface area contributed by atoms with Crippen LogP contribution in [0.25, 0.3) is 76.5 Å². The molecule has 2 aliphatic rings. The minimum absolute atomic E-state index is 0.625. The second-order valence-corrected chi connectivity index (χ2v) is 13.3. The molecule has 0 saturated carbocycles. The highest BCUT2D eigenvalue weighted by molar-refractivity contribution is 6.06. The van der Waals surface area contributed by atoms with E-state index in [0.717, 1.165) is 56.2 Å². The van der Waals surface area contributed by atoms with Crippen LogP contribution in [0.2, 0.25) is 0 Å². The molecule has 244 valence electrons. The third-order valence-electron chi connectivity index (χ3n) is 10.0. The summed E-state index contributed by atoms with van der Waals surface area (Å²) in [5.74, 6) is 0.686. The topological polar surface area (TPSA) is 54.6 Å². The molecule has 0 fully saturated rings. The average Bonchev–Trinajstić information content (AvgIpc) is 3.18. The van der Waals surface area contributed by atoms with Crippen LogP contribution in [-0.4, -0.2) is 6.29 Å². The summed E-state index contributed by atoms with van der Waals surface area (Å²) in [7, 11) is 0. The molecule has 1 aliphatic heterocycles. The molecule has 8 aromatic carbocycles. The molecular formula is C48H30N2O2. The number of hydrogen-bond acceptors (Lipinski definition) is 4. The van der Waals surface area contributed by atoms with Crippen LogP contribution in [0.1, 0.15) is 10.4 Å². The van der Waals surface area contributed by atoms with Crippen LogP contribution >= 0.6 is 0 Å². The minimum Gasteiger partial charge on any atom is -0.456 e. The number of anilines is 2. The van der Waals surface area contributed by atoms with Crippen molar-refractivity contribution in [1.82, 2.24) is 0 Å². The number of nitrogens with zero attached hydrogens (tertiary/aromatic N) is 1. The molecule has 52 heavy (non-hydrogen) atoms. The first-order valence-electron chi connectivity index (χ1n) is 17.4. The molecule has 4 nitrogen and oxygen atoms in total. The maximum Gasteiger partial charge on any atom is 0.150 e. The third kappa shape index (κ3) is 5.26. The zero-order chi connectivity index (χ0) is 34.6. The van der Waals surface area contributed by atoms with E-state index in [4.69, 9.17) is 9.41 Å². The lowest BCUT2D eigenvalue weighted by molar-refractivity contribution is 0.112. The van der Waals surface area contributed by atoms with E-state index in [1.54, 1.807) is 0 Å². The van der Waals surface area contributed by atoms with Crippen molar-refractivity contribution in [3.63, 3.8) is 0 Å². The third-order valence-corrected chi connectivity index (χ3v) is 10.0. The number of fused-ring (bicyclic) bond motifs is 6. The van der Waals surface area contributed by atoms with Crippen LogP contribution in [-0.2, 0) is 0 Å². The van der Waals surface area contributed by atoms with E-state index < -0.39 is 0 Å². The summed E-state index contributed by atoms with van der Waals surface area (Å²) in [5, 5.41) is 14.9. The molecule has 0 radical (unpaired) electrons. The summed E-state index contributed by atoms with van der Waals surface area (Å²) in [4.78, 5) is 17.3. The highest BCUT2D eigenvalue weighted by Crippen LogP contribution is 2.42. The van der Waals surface area contributed by atoms with E-state index in [-0.39, 0.29) is 0 Å². The van der Waals surface area contributed by atoms with Crippen molar-refractivity contribution in [3.8, 4) is 22.5 Å². The van der Waals surface area contributed by atoms with Crippen molar-refractivity contribution in [3.05, 3.63) is 181 Å². The molecular weight excluding hydrogens is 637 g/mol. The highest BCUT2D eigenvalue weighted by Gasteiger charge is 2.19. The van der Waals surface area contributed by atoms with Gasteiger partial charge in [-0.2, -0.15) is 0 Å². The van der Waals surface area contributed by atoms with Gasteiger partial charge in [-0.15, -0.1) is 0 Å². The van der Waals surface area contributed by atoms with E-state index >= 15 is 0 Å². The lowest BCUT2D eigenvalue weighted by atomic mass is 9.91. The molecule has 0 saturated heterocycles. The maximum absolute atomic E-state index is 12.3. The van der Waals surface area contributed by atoms with Gasteiger partial charge < -0.3 is 9.73 Å². The maximum atomic E-state index is 12.3. The van der Waals surface area contributed by atoms with Gasteiger partial charge in [-0.05, 0) is 121 Å². The Kier molecular flexibility index (Phi) is 6.93. The molecule has 1 aliphatic carbocycles. The molecule has 0 bridgehead atoms. The van der Waals surface area contributed by atoms with E-state index in [1.807, 2.05) is 48.5 Å². The number of carbonyl (C=O) groups is 1. The fraction of sp³-hybridized carbons (Fsp3) is 0. The van der Waals surface area contributed by atoms with Crippen LogP contribution < -0.4 is 10.7 Å². The first-order chi connectivity index (χ1) is 25.6. The Morgan fingerprint density at radius 1 is 0.481 bits per heavy atom. The van der Waals surface area contributed by atoms with E-state index in [2.05, 4.69) is 127 Å². The predicted molar refractivity (Wildman–Crippen MR) is 215 cm³/mol. The van der Waals surface area contributed by atoms with Gasteiger partial charge in [0.05, 0.1) is 11.0 Å². The Balaban J connectivity index is 1.10. The Morgan fingerprint density at radius 3 is 1.81 bits per heavy atom. The van der Waals surface area contributed by atoms with Gasteiger partial charge >= 0.3 is 0 Å². The Hall–Kier alpha value is -7.04. The monoisotopic (exact) mass is 666 g/mol. The fourth-order valence-corrected chi connectivity index (χ4v) is 7.47. The van der Waals surface area contributed by atoms with Crippen molar-refractivity contribution < 1.29 is 9.21 Å². The number of hydrogen-bond donors (Lipinski definition) is 1. The standard InChI is InChI=1S/C48H30N2O2/c51-29-36-11-5-6-12-43(36)48-44-19-17-41(49-39-15-13-34-21-30-7-1-3-9-32(30)23-37(34)25-39)27-46(44)52-47-28-42(18-20-45(47)48)50-40-16-14-35-22-31-8-2-4-10-33(31)24-38(35)26-40/h1-29,49H/b50-42+. The van der Waals surface area contributed by atoms with Crippen molar-refractivity contribution in [2.45, 2.75) is 0 Å². The number of benzene rings is 9. The molecule has 0 atom stereocenters. The summed E-state index contributed by atoms with van der Waals surface area (Å²) in [6.07, 6.45) is 0.919. The van der Waals surface area contributed by atoms with Gasteiger partial charge in [0.1, 0.15) is 11.3 Å². The summed E-state index contributed by atoms with van der Waals surface area (Å²) in [6.45, 7) is 0. The van der Waals surface area contributed by atoms with Gasteiger partial charge in [0.25, 0.3) is 0 Å². The average molecular weight is 667 g/mol. The molecule has 8 aromatic rings. The molecule has 10 rings (SSSR count). The zero-order valence-electron chi connectivity index (χ0n) is 28.0. The molecule has 0 aromatic heterocycles. The lowest BCUT2D eigenvalue weighted by Crippen LogP contribution is -2.03. The second kappa shape index (κ2) is 12.1. The van der Waals surface area contributed by atoms with Crippen LogP contribution in [0.3, 0.4) is 0 Å². The number of nitrogens with one attached hydrogen (secondary N) is 1. The quantitative estimate of drug-likeness (QED) is 0.147. The first kappa shape index (κ1) is 29.8. The van der Waals surface area contributed by atoms with Crippen molar-refractivity contribution >= 4 is 77.4 Å². The molecule has 0 unspecified atom stereocenters. The van der Waals surface area contributed by atoms with Crippen LogP contribution in [0.4, 0.5) is 17.1 Å². The summed E-state index contributed by atoms with van der Waals surface area (Å²) >= 11 is 0. The summed E-state index contributed by atoms with van der Waals surface area (Å²) in [6, 6.07) is 58.4. The van der Waals surface area contributed by atoms with Crippen molar-refractivity contribution in [2.24, 2.45) is 4.99 Å². The van der Waals surface area contributed by atoms with Crippen LogP contribution in [0, 0.1) is 0 Å². The Bertz CT molecular complexity index is 3080. The van der Waals surface area contributed by atoms with Gasteiger partial charge in [-0.3, -0.25) is 4.79 Å². The molecule has 1 N–H and O–H groups in total. The number of rotatable bonds is 5. The molecule has 0 spiro atoms. The smallest absolute Gasteiger partial charge is 0.150 e. The van der Waals surface area contributed by atoms with Crippen molar-refractivity contribution in [2.75, 3.05) is 5.32 Å². The minimum atomic E-state index is 0.625. The predicted octanol–water partition coefficient (Wildman–Crippen LogP) is 12.6. The van der Waals surface area contributed by atoms with Gasteiger partial charge in [-0.1, -0.05) is 84.9 Å². The van der Waals surface area contributed by atoms with Crippen molar-refractivity contribution in [1.29, 1.82) is 0 Å². The highest BCUT2D eigenvalue weighted by atomic mass is 16.3. The molecule has 0 amide bonds. The first-order valence-corrected chi connectivity index (χ1v) is 17.4.